The van der Waals surface area contributed by atoms with Crippen molar-refractivity contribution in [3.8, 4) is 0 Å². The van der Waals surface area contributed by atoms with Gasteiger partial charge in [-0.1, -0.05) is 45.4 Å². The third kappa shape index (κ3) is 4.39. The first kappa shape index (κ1) is 17.3. The van der Waals surface area contributed by atoms with Gasteiger partial charge in [-0.05, 0) is 43.4 Å². The van der Waals surface area contributed by atoms with Crippen LogP contribution in [0.15, 0.2) is 18.2 Å². The zero-order valence-corrected chi connectivity index (χ0v) is 14.1. The lowest BCUT2D eigenvalue weighted by molar-refractivity contribution is 0.199. The first-order valence-electron chi connectivity index (χ1n) is 7.64. The topological polar surface area (TPSA) is 23.5 Å². The predicted molar refractivity (Wildman–Crippen MR) is 88.6 cm³/mol. The number of anilines is 1. The van der Waals surface area contributed by atoms with Gasteiger partial charge in [-0.2, -0.15) is 0 Å². The zero-order valence-electron chi connectivity index (χ0n) is 13.4. The highest BCUT2D eigenvalue weighted by molar-refractivity contribution is 6.31. The fraction of sp³-hybridized carbons (Fsp3) is 0.647. The number of benzene rings is 1. The quantitative estimate of drug-likeness (QED) is 0.762. The third-order valence-electron chi connectivity index (χ3n) is 3.71. The summed E-state index contributed by atoms with van der Waals surface area (Å²) in [5.74, 6) is 0.603. The number of nitrogens with zero attached hydrogens (tertiary/aromatic N) is 1. The largest absolute Gasteiger partial charge is 0.389 e. The van der Waals surface area contributed by atoms with E-state index in [0.29, 0.717) is 17.0 Å². The Morgan fingerprint density at radius 1 is 1.15 bits per heavy atom. The lowest BCUT2D eigenvalue weighted by Gasteiger charge is -2.34. The van der Waals surface area contributed by atoms with Crippen molar-refractivity contribution in [2.24, 2.45) is 5.92 Å². The van der Waals surface area contributed by atoms with Gasteiger partial charge in [-0.15, -0.1) is 0 Å². The summed E-state index contributed by atoms with van der Waals surface area (Å²) in [5, 5.41) is 10.3. The Morgan fingerprint density at radius 2 is 1.75 bits per heavy atom. The SMILES string of the molecule is CCC(CC)N(CC(C)C)c1ccc(C(C)O)c(Cl)c1. The lowest BCUT2D eigenvalue weighted by atomic mass is 10.0. The van der Waals surface area contributed by atoms with Crippen LogP contribution in [0.2, 0.25) is 5.02 Å². The molecule has 0 saturated carbocycles. The summed E-state index contributed by atoms with van der Waals surface area (Å²) in [5.41, 5.74) is 1.95. The van der Waals surface area contributed by atoms with Crippen LogP contribution in [0.1, 0.15) is 59.1 Å². The smallest absolute Gasteiger partial charge is 0.0776 e. The van der Waals surface area contributed by atoms with Gasteiger partial charge in [0, 0.05) is 23.3 Å². The minimum Gasteiger partial charge on any atom is -0.389 e. The monoisotopic (exact) mass is 297 g/mol. The molecule has 0 saturated heterocycles. The average molecular weight is 298 g/mol. The molecule has 0 aliphatic rings. The van der Waals surface area contributed by atoms with Crippen molar-refractivity contribution in [3.05, 3.63) is 28.8 Å². The summed E-state index contributed by atoms with van der Waals surface area (Å²) < 4.78 is 0. The minimum absolute atomic E-state index is 0.525. The highest BCUT2D eigenvalue weighted by Crippen LogP contribution is 2.30. The van der Waals surface area contributed by atoms with Crippen LogP contribution < -0.4 is 4.90 Å². The summed E-state index contributed by atoms with van der Waals surface area (Å²) in [6.07, 6.45) is 1.72. The molecule has 3 heteroatoms. The first-order valence-corrected chi connectivity index (χ1v) is 8.02. The van der Waals surface area contributed by atoms with Crippen LogP contribution in [-0.4, -0.2) is 17.7 Å². The Bertz CT molecular complexity index is 413. The highest BCUT2D eigenvalue weighted by Gasteiger charge is 2.18. The Kier molecular flexibility index (Phi) is 6.84. The predicted octanol–water partition coefficient (Wildman–Crippen LogP) is 5.04. The summed E-state index contributed by atoms with van der Waals surface area (Å²) >= 11 is 6.31. The molecular formula is C17H28ClNO. The molecule has 1 unspecified atom stereocenters. The fourth-order valence-corrected chi connectivity index (χ4v) is 2.95. The van der Waals surface area contributed by atoms with Crippen LogP contribution in [0.5, 0.6) is 0 Å². The Labute approximate surface area is 128 Å². The molecule has 20 heavy (non-hydrogen) atoms. The second-order valence-corrected chi connectivity index (χ2v) is 6.31. The van der Waals surface area contributed by atoms with Crippen molar-refractivity contribution in [2.75, 3.05) is 11.4 Å². The van der Waals surface area contributed by atoms with Crippen molar-refractivity contribution in [1.82, 2.24) is 0 Å². The molecule has 0 bridgehead atoms. The maximum absolute atomic E-state index is 9.68. The number of hydrogen-bond donors (Lipinski definition) is 1. The van der Waals surface area contributed by atoms with Gasteiger partial charge in [0.2, 0.25) is 0 Å². The molecule has 0 spiro atoms. The first-order chi connectivity index (χ1) is 9.40. The van der Waals surface area contributed by atoms with Gasteiger partial charge in [0.05, 0.1) is 6.10 Å². The molecule has 1 N–H and O–H groups in total. The van der Waals surface area contributed by atoms with Gasteiger partial charge in [0.25, 0.3) is 0 Å². The van der Waals surface area contributed by atoms with E-state index in [1.807, 2.05) is 12.1 Å². The van der Waals surface area contributed by atoms with E-state index in [1.165, 1.54) is 0 Å². The van der Waals surface area contributed by atoms with Crippen molar-refractivity contribution in [1.29, 1.82) is 0 Å². The van der Waals surface area contributed by atoms with Gasteiger partial charge >= 0.3 is 0 Å². The van der Waals surface area contributed by atoms with Crippen LogP contribution in [-0.2, 0) is 0 Å². The highest BCUT2D eigenvalue weighted by atomic mass is 35.5. The summed E-state index contributed by atoms with van der Waals surface area (Å²) in [6.45, 7) is 11.7. The van der Waals surface area contributed by atoms with E-state index in [9.17, 15) is 5.11 Å². The normalized spacial score (nSPS) is 13.1. The van der Waals surface area contributed by atoms with E-state index in [4.69, 9.17) is 11.6 Å². The molecule has 0 heterocycles. The number of hydrogen-bond acceptors (Lipinski definition) is 2. The third-order valence-corrected chi connectivity index (χ3v) is 4.04. The number of halogens is 1. The average Bonchev–Trinajstić information content (AvgIpc) is 2.37. The van der Waals surface area contributed by atoms with Gasteiger partial charge in [-0.25, -0.2) is 0 Å². The number of aliphatic hydroxyl groups excluding tert-OH is 1. The molecule has 0 aliphatic carbocycles. The molecule has 0 aliphatic heterocycles. The molecule has 114 valence electrons. The Balaban J connectivity index is 3.10. The van der Waals surface area contributed by atoms with E-state index >= 15 is 0 Å². The molecule has 0 amide bonds. The summed E-state index contributed by atoms with van der Waals surface area (Å²) in [6, 6.07) is 6.54. The van der Waals surface area contributed by atoms with E-state index < -0.39 is 6.10 Å². The van der Waals surface area contributed by atoms with Crippen LogP contribution in [0.25, 0.3) is 0 Å². The molecule has 1 atom stereocenters. The number of rotatable bonds is 7. The summed E-state index contributed by atoms with van der Waals surface area (Å²) in [4.78, 5) is 2.45. The molecule has 1 aromatic rings. The van der Waals surface area contributed by atoms with E-state index in [-0.39, 0.29) is 0 Å². The maximum Gasteiger partial charge on any atom is 0.0776 e. The van der Waals surface area contributed by atoms with Crippen LogP contribution in [0, 0.1) is 5.92 Å². The minimum atomic E-state index is -0.525. The molecule has 2 nitrogen and oxygen atoms in total. The molecule has 1 rings (SSSR count). The van der Waals surface area contributed by atoms with Gasteiger partial charge in [-0.3, -0.25) is 0 Å². The number of aliphatic hydroxyl groups is 1. The second kappa shape index (κ2) is 7.90. The van der Waals surface area contributed by atoms with Gasteiger partial charge in [0.15, 0.2) is 0 Å². The zero-order chi connectivity index (χ0) is 15.3. The van der Waals surface area contributed by atoms with Crippen molar-refractivity contribution >= 4 is 17.3 Å². The molecule has 0 fully saturated rings. The van der Waals surface area contributed by atoms with Gasteiger partial charge < -0.3 is 10.0 Å². The standard InChI is InChI=1S/C17H28ClNO/c1-6-14(7-2)19(11-12(3)4)15-8-9-16(13(5)20)17(18)10-15/h8-10,12-14,20H,6-7,11H2,1-5H3. The Morgan fingerprint density at radius 3 is 2.15 bits per heavy atom. The maximum atomic E-state index is 9.68. The Hall–Kier alpha value is -0.730. The molecule has 0 radical (unpaired) electrons. The van der Waals surface area contributed by atoms with Crippen molar-refractivity contribution in [2.45, 2.75) is 59.6 Å². The van der Waals surface area contributed by atoms with E-state index in [0.717, 1.165) is 30.6 Å². The van der Waals surface area contributed by atoms with Crippen molar-refractivity contribution in [3.63, 3.8) is 0 Å². The van der Waals surface area contributed by atoms with E-state index in [1.54, 1.807) is 6.92 Å². The molecular weight excluding hydrogens is 270 g/mol. The molecule has 1 aromatic carbocycles. The van der Waals surface area contributed by atoms with E-state index in [2.05, 4.69) is 38.7 Å². The fourth-order valence-electron chi connectivity index (χ4n) is 2.62. The lowest BCUT2D eigenvalue weighted by Crippen LogP contribution is -2.37. The second-order valence-electron chi connectivity index (χ2n) is 5.90. The van der Waals surface area contributed by atoms with Crippen LogP contribution >= 0.6 is 11.6 Å². The van der Waals surface area contributed by atoms with Crippen molar-refractivity contribution < 1.29 is 5.11 Å². The van der Waals surface area contributed by atoms with Crippen LogP contribution in [0.3, 0.4) is 0 Å². The molecule has 0 aromatic heterocycles. The summed E-state index contributed by atoms with van der Waals surface area (Å²) in [7, 11) is 0. The van der Waals surface area contributed by atoms with Crippen LogP contribution in [0.4, 0.5) is 5.69 Å². The van der Waals surface area contributed by atoms with Gasteiger partial charge in [0.1, 0.15) is 0 Å².